The Kier molecular flexibility index (Phi) is 4.61. The molecule has 27 heavy (non-hydrogen) atoms. The zero-order chi connectivity index (χ0) is 18.6. The van der Waals surface area contributed by atoms with Gasteiger partial charge in [0.05, 0.1) is 12.3 Å². The number of nitrogens with one attached hydrogen (secondary N) is 1. The van der Waals surface area contributed by atoms with Crippen LogP contribution in [0.2, 0.25) is 0 Å². The van der Waals surface area contributed by atoms with Gasteiger partial charge in [-0.15, -0.1) is 0 Å². The lowest BCUT2D eigenvalue weighted by atomic mass is 10.0. The molecule has 0 saturated heterocycles. The van der Waals surface area contributed by atoms with E-state index in [1.807, 2.05) is 37.3 Å². The molecule has 2 aromatic carbocycles. The minimum atomic E-state index is -0.296. The van der Waals surface area contributed by atoms with Crippen molar-refractivity contribution in [2.75, 3.05) is 6.61 Å². The Morgan fingerprint density at radius 3 is 2.48 bits per heavy atom. The Morgan fingerprint density at radius 2 is 1.74 bits per heavy atom. The van der Waals surface area contributed by atoms with Crippen molar-refractivity contribution >= 4 is 17.2 Å². The predicted molar refractivity (Wildman–Crippen MR) is 103 cm³/mol. The summed E-state index contributed by atoms with van der Waals surface area (Å²) in [6, 6.07) is 15.6. The molecule has 0 fully saturated rings. The molecule has 1 N–H and O–H groups in total. The number of rotatable bonds is 4. The van der Waals surface area contributed by atoms with Crippen LogP contribution in [0.5, 0.6) is 5.75 Å². The second-order valence-electron chi connectivity index (χ2n) is 5.89. The lowest BCUT2D eigenvalue weighted by Crippen LogP contribution is -2.19. The first-order chi connectivity index (χ1) is 13.2. The molecule has 0 spiro atoms. The second-order valence-corrected chi connectivity index (χ2v) is 5.89. The van der Waals surface area contributed by atoms with E-state index in [1.54, 1.807) is 24.5 Å². The zero-order valence-corrected chi connectivity index (χ0v) is 14.7. The Balaban J connectivity index is 1.85. The quantitative estimate of drug-likeness (QED) is 0.763. The molecule has 0 amide bonds. The normalized spacial score (nSPS) is 13.0. The number of hydrazone groups is 1. The van der Waals surface area contributed by atoms with Crippen LogP contribution in [-0.2, 0) is 0 Å². The Morgan fingerprint density at radius 1 is 0.963 bits per heavy atom. The molecular formula is C21H17FN4O. The smallest absolute Gasteiger partial charge is 0.154 e. The maximum Gasteiger partial charge on any atom is 0.154 e. The molecule has 0 radical (unpaired) electrons. The van der Waals surface area contributed by atoms with Crippen LogP contribution in [-0.4, -0.2) is 23.1 Å². The number of amidine groups is 1. The van der Waals surface area contributed by atoms with Crippen LogP contribution in [0, 0.1) is 5.82 Å². The van der Waals surface area contributed by atoms with E-state index in [-0.39, 0.29) is 5.82 Å². The fourth-order valence-corrected chi connectivity index (χ4v) is 2.84. The Hall–Kier alpha value is -3.54. The number of hydrogen-bond donors (Lipinski definition) is 1. The summed E-state index contributed by atoms with van der Waals surface area (Å²) in [5, 5.41) is 4.58. The van der Waals surface area contributed by atoms with Gasteiger partial charge in [0.1, 0.15) is 17.3 Å². The number of hydrogen-bond acceptors (Lipinski definition) is 5. The second kappa shape index (κ2) is 7.37. The first-order valence-corrected chi connectivity index (χ1v) is 8.60. The van der Waals surface area contributed by atoms with Crippen molar-refractivity contribution in [1.82, 2.24) is 10.4 Å². The fourth-order valence-electron chi connectivity index (χ4n) is 2.84. The number of aliphatic imine (C=N–C) groups is 1. The maximum atomic E-state index is 13.3. The minimum absolute atomic E-state index is 0.296. The van der Waals surface area contributed by atoms with E-state index in [0.717, 1.165) is 33.8 Å². The van der Waals surface area contributed by atoms with Crippen LogP contribution in [0.1, 0.15) is 23.6 Å². The van der Waals surface area contributed by atoms with Gasteiger partial charge in [0, 0.05) is 29.1 Å². The van der Waals surface area contributed by atoms with E-state index < -0.39 is 0 Å². The summed E-state index contributed by atoms with van der Waals surface area (Å²) >= 11 is 0. The van der Waals surface area contributed by atoms with Gasteiger partial charge >= 0.3 is 0 Å². The van der Waals surface area contributed by atoms with E-state index in [1.165, 1.54) is 12.1 Å². The maximum absolute atomic E-state index is 13.3. The highest BCUT2D eigenvalue weighted by Gasteiger charge is 2.18. The number of aromatic nitrogens is 1. The van der Waals surface area contributed by atoms with Gasteiger partial charge in [-0.3, -0.25) is 10.4 Å². The van der Waals surface area contributed by atoms with E-state index in [2.05, 4.69) is 15.5 Å². The lowest BCUT2D eigenvalue weighted by molar-refractivity contribution is 0.340. The van der Waals surface area contributed by atoms with Crippen molar-refractivity contribution in [2.45, 2.75) is 6.92 Å². The summed E-state index contributed by atoms with van der Waals surface area (Å²) in [6.07, 6.45) is 3.44. The molecule has 134 valence electrons. The van der Waals surface area contributed by atoms with E-state index in [9.17, 15) is 4.39 Å². The molecule has 0 atom stereocenters. The number of pyridine rings is 1. The first-order valence-electron chi connectivity index (χ1n) is 8.60. The third-order valence-corrected chi connectivity index (χ3v) is 4.11. The van der Waals surface area contributed by atoms with Crippen LogP contribution in [0.3, 0.4) is 0 Å². The highest BCUT2D eigenvalue weighted by Crippen LogP contribution is 2.29. The van der Waals surface area contributed by atoms with E-state index >= 15 is 0 Å². The van der Waals surface area contributed by atoms with Gasteiger partial charge in [0.2, 0.25) is 0 Å². The standard InChI is InChI=1S/C21H17FN4O/c1-2-27-17-7-8-19-18(13-17)20(14-9-11-23-12-10-14)25-26-21(24-19)15-3-5-16(22)6-4-15/h3-13H,2H2,1H3,(H,24,26). The van der Waals surface area contributed by atoms with Gasteiger partial charge in [-0.25, -0.2) is 9.38 Å². The van der Waals surface area contributed by atoms with Crippen LogP contribution >= 0.6 is 0 Å². The average molecular weight is 360 g/mol. The molecule has 2 heterocycles. The first kappa shape index (κ1) is 16.9. The van der Waals surface area contributed by atoms with Crippen LogP contribution in [0.15, 0.2) is 77.1 Å². The molecule has 0 aliphatic carbocycles. The molecule has 0 unspecified atom stereocenters. The number of benzene rings is 2. The highest BCUT2D eigenvalue weighted by molar-refractivity contribution is 6.18. The van der Waals surface area contributed by atoms with Crippen molar-refractivity contribution in [3.63, 3.8) is 0 Å². The van der Waals surface area contributed by atoms with Gasteiger partial charge < -0.3 is 4.74 Å². The molecule has 5 nitrogen and oxygen atoms in total. The Bertz CT molecular complexity index is 1010. The molecule has 0 bridgehead atoms. The molecule has 1 aliphatic rings. The monoisotopic (exact) mass is 360 g/mol. The van der Waals surface area contributed by atoms with Crippen LogP contribution < -0.4 is 10.2 Å². The van der Waals surface area contributed by atoms with Crippen LogP contribution in [0.25, 0.3) is 0 Å². The van der Waals surface area contributed by atoms with Gasteiger partial charge in [-0.2, -0.15) is 5.10 Å². The molecule has 1 aliphatic heterocycles. The summed E-state index contributed by atoms with van der Waals surface area (Å²) in [6.45, 7) is 2.51. The number of halogens is 1. The largest absolute Gasteiger partial charge is 0.494 e. The molecular weight excluding hydrogens is 343 g/mol. The van der Waals surface area contributed by atoms with Crippen molar-refractivity contribution in [1.29, 1.82) is 0 Å². The topological polar surface area (TPSA) is 58.9 Å². The summed E-state index contributed by atoms with van der Waals surface area (Å²) in [5.41, 5.74) is 6.99. The molecule has 4 rings (SSSR count). The summed E-state index contributed by atoms with van der Waals surface area (Å²) < 4.78 is 18.9. The van der Waals surface area contributed by atoms with E-state index in [4.69, 9.17) is 9.73 Å². The highest BCUT2D eigenvalue weighted by atomic mass is 19.1. The molecule has 0 saturated carbocycles. The SMILES string of the molecule is CCOc1ccc2c(c1)C(c1ccncc1)=NNC(c1ccc(F)cc1)=N2. The minimum Gasteiger partial charge on any atom is -0.494 e. The number of fused-ring (bicyclic) bond motifs is 1. The average Bonchev–Trinajstić information content (AvgIpc) is 2.89. The van der Waals surface area contributed by atoms with Gasteiger partial charge in [-0.1, -0.05) is 0 Å². The summed E-state index contributed by atoms with van der Waals surface area (Å²) in [7, 11) is 0. The van der Waals surface area contributed by atoms with Gasteiger partial charge in [0.25, 0.3) is 0 Å². The zero-order valence-electron chi connectivity index (χ0n) is 14.7. The van der Waals surface area contributed by atoms with Crippen LogP contribution in [0.4, 0.5) is 10.1 Å². The van der Waals surface area contributed by atoms with Crippen molar-refractivity contribution in [2.24, 2.45) is 10.1 Å². The molecule has 6 heteroatoms. The van der Waals surface area contributed by atoms with Gasteiger partial charge in [0.15, 0.2) is 5.84 Å². The lowest BCUT2D eigenvalue weighted by Gasteiger charge is -2.10. The number of ether oxygens (including phenoxy) is 1. The van der Waals surface area contributed by atoms with E-state index in [0.29, 0.717) is 12.4 Å². The molecule has 3 aromatic rings. The molecule has 1 aromatic heterocycles. The van der Waals surface area contributed by atoms with Crippen molar-refractivity contribution in [3.05, 3.63) is 89.5 Å². The predicted octanol–water partition coefficient (Wildman–Crippen LogP) is 4.05. The fraction of sp³-hybridized carbons (Fsp3) is 0.0952. The number of nitrogens with zero attached hydrogens (tertiary/aromatic N) is 3. The summed E-state index contributed by atoms with van der Waals surface area (Å²) in [5.74, 6) is 0.999. The van der Waals surface area contributed by atoms with Gasteiger partial charge in [-0.05, 0) is 61.5 Å². The third kappa shape index (κ3) is 3.55. The van der Waals surface area contributed by atoms with Crippen molar-refractivity contribution < 1.29 is 9.13 Å². The Labute approximate surface area is 156 Å². The van der Waals surface area contributed by atoms with Crippen molar-refractivity contribution in [3.8, 4) is 5.75 Å². The third-order valence-electron chi connectivity index (χ3n) is 4.11. The summed E-state index contributed by atoms with van der Waals surface area (Å²) in [4.78, 5) is 8.79.